The van der Waals surface area contributed by atoms with E-state index in [0.717, 1.165) is 30.7 Å². The van der Waals surface area contributed by atoms with E-state index in [-0.39, 0.29) is 6.04 Å². The minimum Gasteiger partial charge on any atom is -0.492 e. The number of aliphatic carboxylic acids is 1. The predicted molar refractivity (Wildman–Crippen MR) is 168 cm³/mol. The van der Waals surface area contributed by atoms with E-state index >= 15 is 0 Å². The third-order valence-corrected chi connectivity index (χ3v) is 8.58. The standard InChI is InChI=1S/C37H41NO4/c1-25-10-19-33-31(22-25)16-14-29-13-15-30(26(2)28-8-6-5-7-9-28)24-34(29)36(33)38(3)20-21-42-32-17-11-27(12-18-32)23-35(41-4)37(39)40/h5-13,15,17-19,22,24,26,35-36H,14,16,20-21,23H2,1-4H3,(H,39,40). The number of aryl methyl sites for hydroxylation is 3. The fourth-order valence-electron chi connectivity index (χ4n) is 6.07. The highest BCUT2D eigenvalue weighted by molar-refractivity contribution is 5.72. The van der Waals surface area contributed by atoms with E-state index in [1.165, 1.54) is 46.1 Å². The first-order valence-electron chi connectivity index (χ1n) is 14.8. The van der Waals surface area contributed by atoms with E-state index in [0.29, 0.717) is 18.9 Å². The molecular formula is C37H41NO4. The summed E-state index contributed by atoms with van der Waals surface area (Å²) in [4.78, 5) is 13.7. The van der Waals surface area contributed by atoms with Gasteiger partial charge in [-0.3, -0.25) is 4.90 Å². The number of carbonyl (C=O) groups is 1. The molecule has 3 unspecified atom stereocenters. The molecule has 42 heavy (non-hydrogen) atoms. The number of hydrogen-bond acceptors (Lipinski definition) is 4. The van der Waals surface area contributed by atoms with E-state index in [4.69, 9.17) is 9.47 Å². The van der Waals surface area contributed by atoms with Crippen LogP contribution in [0.4, 0.5) is 0 Å². The summed E-state index contributed by atoms with van der Waals surface area (Å²) in [7, 11) is 3.61. The van der Waals surface area contributed by atoms with Gasteiger partial charge in [0.1, 0.15) is 12.4 Å². The first-order chi connectivity index (χ1) is 20.3. The average Bonchev–Trinajstić information content (AvgIpc) is 3.16. The number of rotatable bonds is 11. The Bertz CT molecular complexity index is 1500. The topological polar surface area (TPSA) is 59.0 Å². The lowest BCUT2D eigenvalue weighted by Gasteiger charge is -2.31. The van der Waals surface area contributed by atoms with E-state index in [1.54, 1.807) is 0 Å². The number of likely N-dealkylation sites (N-methyl/N-ethyl adjacent to an activating group) is 1. The molecule has 0 aromatic heterocycles. The van der Waals surface area contributed by atoms with E-state index in [2.05, 4.69) is 92.5 Å². The number of carboxylic acid groups (broad SMARTS) is 1. The molecule has 1 aliphatic carbocycles. The van der Waals surface area contributed by atoms with Gasteiger partial charge < -0.3 is 14.6 Å². The van der Waals surface area contributed by atoms with Crippen molar-refractivity contribution in [2.75, 3.05) is 27.3 Å². The lowest BCUT2D eigenvalue weighted by Crippen LogP contribution is -2.30. The Morgan fingerprint density at radius 1 is 0.905 bits per heavy atom. The maximum absolute atomic E-state index is 11.3. The molecule has 1 aliphatic rings. The number of methoxy groups -OCH3 is 1. The molecule has 0 fully saturated rings. The molecule has 218 valence electrons. The fraction of sp³-hybridized carbons (Fsp3) is 0.324. The fourth-order valence-corrected chi connectivity index (χ4v) is 6.07. The number of nitrogens with zero attached hydrogens (tertiary/aromatic N) is 1. The van der Waals surface area contributed by atoms with Crippen molar-refractivity contribution in [3.63, 3.8) is 0 Å². The van der Waals surface area contributed by atoms with Crippen molar-refractivity contribution in [1.29, 1.82) is 0 Å². The molecule has 0 spiro atoms. The highest BCUT2D eigenvalue weighted by Gasteiger charge is 2.28. The molecule has 0 aliphatic heterocycles. The maximum Gasteiger partial charge on any atom is 0.333 e. The molecule has 4 aromatic carbocycles. The number of carboxylic acids is 1. The Balaban J connectivity index is 1.35. The van der Waals surface area contributed by atoms with E-state index in [9.17, 15) is 9.90 Å². The lowest BCUT2D eigenvalue weighted by molar-refractivity contribution is -0.148. The molecular weight excluding hydrogens is 522 g/mol. The summed E-state index contributed by atoms with van der Waals surface area (Å²) >= 11 is 0. The summed E-state index contributed by atoms with van der Waals surface area (Å²) < 4.78 is 11.2. The zero-order valence-corrected chi connectivity index (χ0v) is 25.0. The number of fused-ring (bicyclic) bond motifs is 2. The van der Waals surface area contributed by atoms with Crippen LogP contribution in [0.5, 0.6) is 5.75 Å². The van der Waals surface area contributed by atoms with Crippen molar-refractivity contribution < 1.29 is 19.4 Å². The van der Waals surface area contributed by atoms with Gasteiger partial charge in [0.25, 0.3) is 0 Å². The van der Waals surface area contributed by atoms with Crippen molar-refractivity contribution in [3.8, 4) is 5.75 Å². The van der Waals surface area contributed by atoms with Crippen LogP contribution in [0.25, 0.3) is 0 Å². The van der Waals surface area contributed by atoms with Crippen molar-refractivity contribution in [2.24, 2.45) is 0 Å². The summed E-state index contributed by atoms with van der Waals surface area (Å²) in [5.74, 6) is 0.121. The average molecular weight is 564 g/mol. The van der Waals surface area contributed by atoms with Crippen molar-refractivity contribution in [1.82, 2.24) is 4.90 Å². The Morgan fingerprint density at radius 2 is 1.64 bits per heavy atom. The lowest BCUT2D eigenvalue weighted by atomic mass is 9.87. The number of hydrogen-bond donors (Lipinski definition) is 1. The molecule has 5 nitrogen and oxygen atoms in total. The molecule has 0 radical (unpaired) electrons. The number of benzene rings is 4. The molecule has 0 amide bonds. The van der Waals surface area contributed by atoms with Gasteiger partial charge >= 0.3 is 5.97 Å². The second-order valence-corrected chi connectivity index (χ2v) is 11.4. The van der Waals surface area contributed by atoms with Gasteiger partial charge in [-0.05, 0) is 77.9 Å². The molecule has 0 saturated heterocycles. The van der Waals surface area contributed by atoms with Gasteiger partial charge in [-0.25, -0.2) is 4.79 Å². The van der Waals surface area contributed by atoms with Crippen LogP contribution in [0.1, 0.15) is 63.4 Å². The Kier molecular flexibility index (Phi) is 9.41. The minimum absolute atomic E-state index is 0.133. The van der Waals surface area contributed by atoms with Crippen molar-refractivity contribution in [3.05, 3.63) is 136 Å². The van der Waals surface area contributed by atoms with Crippen LogP contribution >= 0.6 is 0 Å². The van der Waals surface area contributed by atoms with Gasteiger partial charge in [0.15, 0.2) is 6.10 Å². The van der Waals surface area contributed by atoms with Crippen LogP contribution < -0.4 is 4.74 Å². The number of ether oxygens (including phenoxy) is 2. The highest BCUT2D eigenvalue weighted by atomic mass is 16.5. The molecule has 4 aromatic rings. The molecule has 1 N–H and O–H groups in total. The monoisotopic (exact) mass is 563 g/mol. The molecule has 0 bridgehead atoms. The van der Waals surface area contributed by atoms with Gasteiger partial charge in [0.05, 0.1) is 6.04 Å². The van der Waals surface area contributed by atoms with Crippen LogP contribution in [0.2, 0.25) is 0 Å². The zero-order chi connectivity index (χ0) is 29.6. The first-order valence-corrected chi connectivity index (χ1v) is 14.8. The molecule has 0 heterocycles. The largest absolute Gasteiger partial charge is 0.492 e. The Morgan fingerprint density at radius 3 is 2.36 bits per heavy atom. The SMILES string of the molecule is COC(Cc1ccc(OCCN(C)C2c3ccc(C)cc3CCc3ccc(C(C)c4ccccc4)cc32)cc1)C(=O)O. The summed E-state index contributed by atoms with van der Waals surface area (Å²) in [6.45, 7) is 5.76. The Labute approximate surface area is 249 Å². The normalized spacial score (nSPS) is 15.8. The van der Waals surface area contributed by atoms with Gasteiger partial charge in [0, 0.05) is 26.0 Å². The van der Waals surface area contributed by atoms with Gasteiger partial charge in [-0.1, -0.05) is 91.3 Å². The molecule has 5 heteroatoms. The van der Waals surface area contributed by atoms with Gasteiger partial charge in [-0.15, -0.1) is 0 Å². The third-order valence-electron chi connectivity index (χ3n) is 8.58. The van der Waals surface area contributed by atoms with E-state index in [1.807, 2.05) is 24.3 Å². The highest BCUT2D eigenvalue weighted by Crippen LogP contribution is 2.38. The van der Waals surface area contributed by atoms with Crippen LogP contribution in [0, 0.1) is 6.92 Å². The molecule has 0 saturated carbocycles. The second kappa shape index (κ2) is 13.4. The predicted octanol–water partition coefficient (Wildman–Crippen LogP) is 6.99. The third kappa shape index (κ3) is 6.75. The van der Waals surface area contributed by atoms with Crippen molar-refractivity contribution >= 4 is 5.97 Å². The first kappa shape index (κ1) is 29.6. The van der Waals surface area contributed by atoms with Gasteiger partial charge in [-0.2, -0.15) is 0 Å². The summed E-state index contributed by atoms with van der Waals surface area (Å²) in [5.41, 5.74) is 10.5. The summed E-state index contributed by atoms with van der Waals surface area (Å²) in [6.07, 6.45) is 1.54. The van der Waals surface area contributed by atoms with Crippen LogP contribution in [-0.2, 0) is 28.8 Å². The summed E-state index contributed by atoms with van der Waals surface area (Å²) in [5, 5.41) is 9.26. The van der Waals surface area contributed by atoms with Crippen LogP contribution in [0.3, 0.4) is 0 Å². The van der Waals surface area contributed by atoms with Gasteiger partial charge in [0.2, 0.25) is 0 Å². The quantitative estimate of drug-likeness (QED) is 0.213. The molecule has 3 atom stereocenters. The van der Waals surface area contributed by atoms with Crippen molar-refractivity contribution in [2.45, 2.75) is 51.2 Å². The van der Waals surface area contributed by atoms with E-state index < -0.39 is 12.1 Å². The molecule has 5 rings (SSSR count). The van der Waals surface area contributed by atoms with Crippen LogP contribution in [0.15, 0.2) is 91.0 Å². The summed E-state index contributed by atoms with van der Waals surface area (Å²) in [6, 6.07) is 32.5. The maximum atomic E-state index is 11.3. The minimum atomic E-state index is -0.959. The Hall–Kier alpha value is -3.93. The second-order valence-electron chi connectivity index (χ2n) is 11.4. The van der Waals surface area contributed by atoms with Crippen LogP contribution in [-0.4, -0.2) is 49.4 Å². The smallest absolute Gasteiger partial charge is 0.333 e. The zero-order valence-electron chi connectivity index (χ0n) is 25.0.